The zero-order chi connectivity index (χ0) is 14.9. The Balaban J connectivity index is 1.90. The second-order valence-electron chi connectivity index (χ2n) is 6.42. The molecule has 0 spiro atoms. The Kier molecular flexibility index (Phi) is 4.09. The van der Waals surface area contributed by atoms with Crippen LogP contribution in [0, 0.1) is 0 Å². The minimum Gasteiger partial charge on any atom is -0.371 e. The molecule has 1 aromatic carbocycles. The third-order valence-electron chi connectivity index (χ3n) is 5.43. The molecule has 0 aliphatic carbocycles. The summed E-state index contributed by atoms with van der Waals surface area (Å²) in [5.41, 5.74) is 9.12. The minimum atomic E-state index is 0.142. The number of nitrogens with zero attached hydrogens (tertiary/aromatic N) is 3. The lowest BCUT2D eigenvalue weighted by molar-refractivity contribution is 0.164. The number of rotatable bonds is 3. The van der Waals surface area contributed by atoms with Gasteiger partial charge >= 0.3 is 0 Å². The Morgan fingerprint density at radius 3 is 2.33 bits per heavy atom. The Morgan fingerprint density at radius 1 is 1.05 bits per heavy atom. The van der Waals surface area contributed by atoms with E-state index in [0.717, 1.165) is 26.2 Å². The minimum absolute atomic E-state index is 0.142. The molecule has 1 fully saturated rings. The number of nitrogens with two attached hydrogens (primary N) is 1. The van der Waals surface area contributed by atoms with Crippen molar-refractivity contribution < 1.29 is 0 Å². The van der Waals surface area contributed by atoms with Crippen LogP contribution in [0.25, 0.3) is 0 Å². The second-order valence-corrected chi connectivity index (χ2v) is 6.42. The van der Waals surface area contributed by atoms with Gasteiger partial charge in [-0.1, -0.05) is 19.1 Å². The fourth-order valence-corrected chi connectivity index (χ4v) is 3.87. The number of hydrogen-bond donors (Lipinski definition) is 1. The number of anilines is 2. The zero-order valence-electron chi connectivity index (χ0n) is 13.4. The summed E-state index contributed by atoms with van der Waals surface area (Å²) in [7, 11) is 2.19. The molecule has 21 heavy (non-hydrogen) atoms. The highest BCUT2D eigenvalue weighted by atomic mass is 15.3. The van der Waals surface area contributed by atoms with Crippen LogP contribution in [-0.2, 0) is 0 Å². The topological polar surface area (TPSA) is 35.7 Å². The molecule has 0 unspecified atom stereocenters. The van der Waals surface area contributed by atoms with Gasteiger partial charge < -0.3 is 20.4 Å². The summed E-state index contributed by atoms with van der Waals surface area (Å²) < 4.78 is 0. The van der Waals surface area contributed by atoms with E-state index in [4.69, 9.17) is 5.73 Å². The van der Waals surface area contributed by atoms with Gasteiger partial charge in [0.05, 0.1) is 16.9 Å². The van der Waals surface area contributed by atoms with Crippen LogP contribution in [0.2, 0.25) is 0 Å². The molecule has 2 heterocycles. The monoisotopic (exact) mass is 288 g/mol. The van der Waals surface area contributed by atoms with Gasteiger partial charge in [0, 0.05) is 39.8 Å². The van der Waals surface area contributed by atoms with Gasteiger partial charge in [-0.25, -0.2) is 0 Å². The lowest BCUT2D eigenvalue weighted by Gasteiger charge is -2.52. The van der Waals surface area contributed by atoms with E-state index in [2.05, 4.69) is 52.9 Å². The Hall–Kier alpha value is -1.26. The standard InChI is InChI=1S/C17H28N4/c1-3-20-10-8-17(14-18,9-11-20)21-13-12-19(2)15-6-4-5-7-16(15)21/h4-7H,3,8-14,18H2,1-2H3. The molecule has 2 aliphatic heterocycles. The average Bonchev–Trinajstić information content (AvgIpc) is 2.55. The first-order valence-electron chi connectivity index (χ1n) is 8.20. The van der Waals surface area contributed by atoms with Gasteiger partial charge in [0.1, 0.15) is 0 Å². The van der Waals surface area contributed by atoms with E-state index in [9.17, 15) is 0 Å². The highest BCUT2D eigenvalue weighted by Crippen LogP contribution is 2.39. The molecule has 1 aromatic rings. The summed E-state index contributed by atoms with van der Waals surface area (Å²) in [5.74, 6) is 0. The van der Waals surface area contributed by atoms with E-state index in [1.54, 1.807) is 0 Å². The fourth-order valence-electron chi connectivity index (χ4n) is 3.87. The first-order chi connectivity index (χ1) is 10.2. The molecule has 4 nitrogen and oxygen atoms in total. The number of likely N-dealkylation sites (tertiary alicyclic amines) is 1. The first kappa shape index (κ1) is 14.7. The van der Waals surface area contributed by atoms with Crippen LogP contribution >= 0.6 is 0 Å². The second kappa shape index (κ2) is 5.85. The summed E-state index contributed by atoms with van der Waals surface area (Å²) >= 11 is 0. The van der Waals surface area contributed by atoms with Gasteiger partial charge in [-0.3, -0.25) is 0 Å². The van der Waals surface area contributed by atoms with E-state index in [1.807, 2.05) is 0 Å². The molecule has 0 atom stereocenters. The van der Waals surface area contributed by atoms with Gasteiger partial charge in [-0.2, -0.15) is 0 Å². The van der Waals surface area contributed by atoms with Crippen molar-refractivity contribution in [3.05, 3.63) is 24.3 Å². The fraction of sp³-hybridized carbons (Fsp3) is 0.647. The lowest BCUT2D eigenvalue weighted by atomic mass is 9.84. The Bertz CT molecular complexity index is 479. The number of fused-ring (bicyclic) bond motifs is 1. The number of benzene rings is 1. The summed E-state index contributed by atoms with van der Waals surface area (Å²) in [6.45, 7) is 8.65. The third-order valence-corrected chi connectivity index (χ3v) is 5.43. The molecule has 3 rings (SSSR count). The molecule has 1 saturated heterocycles. The van der Waals surface area contributed by atoms with Crippen LogP contribution in [0.15, 0.2) is 24.3 Å². The molecule has 0 bridgehead atoms. The maximum Gasteiger partial charge on any atom is 0.0609 e. The van der Waals surface area contributed by atoms with Gasteiger partial charge in [0.15, 0.2) is 0 Å². The predicted octanol–water partition coefficient (Wildman–Crippen LogP) is 1.76. The van der Waals surface area contributed by atoms with Crippen molar-refractivity contribution in [1.82, 2.24) is 4.90 Å². The average molecular weight is 288 g/mol. The maximum absolute atomic E-state index is 6.27. The van der Waals surface area contributed by atoms with Crippen LogP contribution in [0.1, 0.15) is 19.8 Å². The van der Waals surface area contributed by atoms with Crippen molar-refractivity contribution in [2.75, 3.05) is 56.1 Å². The molecule has 4 heteroatoms. The molecule has 116 valence electrons. The van der Waals surface area contributed by atoms with E-state index < -0.39 is 0 Å². The Labute approximate surface area is 128 Å². The normalized spacial score (nSPS) is 22.2. The molecule has 2 N–H and O–H groups in total. The molecule has 0 radical (unpaired) electrons. The lowest BCUT2D eigenvalue weighted by Crippen LogP contribution is -2.62. The van der Waals surface area contributed by atoms with Crippen molar-refractivity contribution in [3.8, 4) is 0 Å². The van der Waals surface area contributed by atoms with E-state index >= 15 is 0 Å². The van der Waals surface area contributed by atoms with Crippen molar-refractivity contribution >= 4 is 11.4 Å². The SMILES string of the molecule is CCN1CCC(CN)(N2CCN(C)c3ccccc32)CC1. The van der Waals surface area contributed by atoms with Gasteiger partial charge in [0.2, 0.25) is 0 Å². The summed E-state index contributed by atoms with van der Waals surface area (Å²) in [5, 5.41) is 0. The van der Waals surface area contributed by atoms with Crippen LogP contribution < -0.4 is 15.5 Å². The van der Waals surface area contributed by atoms with Crippen LogP contribution in [-0.4, -0.2) is 56.8 Å². The molecule has 0 amide bonds. The van der Waals surface area contributed by atoms with Crippen LogP contribution in [0.3, 0.4) is 0 Å². The van der Waals surface area contributed by atoms with E-state index in [-0.39, 0.29) is 5.54 Å². The van der Waals surface area contributed by atoms with E-state index in [0.29, 0.717) is 0 Å². The van der Waals surface area contributed by atoms with Crippen molar-refractivity contribution in [1.29, 1.82) is 0 Å². The molecular formula is C17H28N4. The van der Waals surface area contributed by atoms with Crippen LogP contribution in [0.4, 0.5) is 11.4 Å². The third kappa shape index (κ3) is 2.51. The zero-order valence-corrected chi connectivity index (χ0v) is 13.4. The summed E-state index contributed by atoms with van der Waals surface area (Å²) in [6.07, 6.45) is 2.35. The predicted molar refractivity (Wildman–Crippen MR) is 90.2 cm³/mol. The van der Waals surface area contributed by atoms with Crippen molar-refractivity contribution in [3.63, 3.8) is 0 Å². The van der Waals surface area contributed by atoms with Crippen molar-refractivity contribution in [2.24, 2.45) is 5.73 Å². The smallest absolute Gasteiger partial charge is 0.0609 e. The van der Waals surface area contributed by atoms with Gasteiger partial charge in [-0.15, -0.1) is 0 Å². The quantitative estimate of drug-likeness (QED) is 0.919. The van der Waals surface area contributed by atoms with Gasteiger partial charge in [-0.05, 0) is 31.5 Å². The number of hydrogen-bond acceptors (Lipinski definition) is 4. The maximum atomic E-state index is 6.27. The number of piperidine rings is 1. The number of likely N-dealkylation sites (N-methyl/N-ethyl adjacent to an activating group) is 1. The molecular weight excluding hydrogens is 260 g/mol. The first-order valence-corrected chi connectivity index (χ1v) is 8.20. The molecule has 0 aromatic heterocycles. The largest absolute Gasteiger partial charge is 0.371 e. The summed E-state index contributed by atoms with van der Waals surface area (Å²) in [4.78, 5) is 7.50. The highest BCUT2D eigenvalue weighted by Gasteiger charge is 2.40. The molecule has 2 aliphatic rings. The van der Waals surface area contributed by atoms with Crippen LogP contribution in [0.5, 0.6) is 0 Å². The molecule has 0 saturated carbocycles. The van der Waals surface area contributed by atoms with Crippen molar-refractivity contribution in [2.45, 2.75) is 25.3 Å². The highest BCUT2D eigenvalue weighted by molar-refractivity contribution is 5.74. The van der Waals surface area contributed by atoms with Gasteiger partial charge in [0.25, 0.3) is 0 Å². The van der Waals surface area contributed by atoms with E-state index in [1.165, 1.54) is 37.3 Å². The summed E-state index contributed by atoms with van der Waals surface area (Å²) in [6, 6.07) is 8.77. The Morgan fingerprint density at radius 2 is 1.71 bits per heavy atom. The number of para-hydroxylation sites is 2.